The largest absolute Gasteiger partial charge is 0.495 e. The number of nitrogens with zero attached hydrogens (tertiary/aromatic N) is 1. The summed E-state index contributed by atoms with van der Waals surface area (Å²) in [5.41, 5.74) is 1.46. The number of methoxy groups -OCH3 is 1. The van der Waals surface area contributed by atoms with Gasteiger partial charge in [-0.2, -0.15) is 4.31 Å². The summed E-state index contributed by atoms with van der Waals surface area (Å²) in [6.45, 7) is 4.31. The fourth-order valence-electron chi connectivity index (χ4n) is 3.37. The van der Waals surface area contributed by atoms with E-state index in [-0.39, 0.29) is 10.6 Å². The lowest BCUT2D eigenvalue weighted by Crippen LogP contribution is -2.28. The minimum atomic E-state index is -3.63. The monoisotopic (exact) mass is 411 g/mol. The summed E-state index contributed by atoms with van der Waals surface area (Å²) in [7, 11) is -2.14. The number of rotatable bonds is 5. The predicted molar refractivity (Wildman–Crippen MR) is 104 cm³/mol. The van der Waals surface area contributed by atoms with Crippen LogP contribution in [0.5, 0.6) is 5.75 Å². The Hall–Kier alpha value is -2.03. The molecule has 2 aromatic rings. The Kier molecular flexibility index (Phi) is 5.50. The van der Waals surface area contributed by atoms with Crippen molar-refractivity contribution in [1.82, 2.24) is 9.29 Å². The highest BCUT2D eigenvalue weighted by Crippen LogP contribution is 2.31. The molecule has 1 aliphatic heterocycles. The number of hydrogen-bond acceptors (Lipinski definition) is 4. The van der Waals surface area contributed by atoms with E-state index in [1.807, 2.05) is 0 Å². The van der Waals surface area contributed by atoms with Gasteiger partial charge in [-0.3, -0.25) is 4.79 Å². The Bertz CT molecular complexity index is 979. The lowest BCUT2D eigenvalue weighted by molar-refractivity contribution is 0.102. The molecule has 0 saturated carbocycles. The molecule has 1 fully saturated rings. The number of nitrogens with one attached hydrogen (secondary N) is 2. The highest BCUT2D eigenvalue weighted by atomic mass is 35.5. The molecule has 146 valence electrons. The summed E-state index contributed by atoms with van der Waals surface area (Å²) in [6, 6.07) is 4.88. The lowest BCUT2D eigenvalue weighted by atomic mass is 10.2. The van der Waals surface area contributed by atoms with Crippen molar-refractivity contribution in [3.8, 4) is 5.75 Å². The molecular weight excluding hydrogens is 390 g/mol. The van der Waals surface area contributed by atoms with E-state index in [1.165, 1.54) is 11.4 Å². The van der Waals surface area contributed by atoms with Gasteiger partial charge in [0.2, 0.25) is 10.0 Å². The third kappa shape index (κ3) is 3.69. The molecule has 2 heterocycles. The molecule has 0 spiro atoms. The number of amides is 1. The highest BCUT2D eigenvalue weighted by Gasteiger charge is 2.33. The third-order valence-electron chi connectivity index (χ3n) is 4.67. The molecule has 9 heteroatoms. The van der Waals surface area contributed by atoms with E-state index < -0.39 is 15.9 Å². The Morgan fingerprint density at radius 2 is 1.93 bits per heavy atom. The maximum atomic E-state index is 13.0. The van der Waals surface area contributed by atoms with E-state index in [4.69, 9.17) is 16.3 Å². The first-order valence-corrected chi connectivity index (χ1v) is 10.4. The molecule has 1 amide bonds. The quantitative estimate of drug-likeness (QED) is 0.789. The number of sulfonamides is 1. The van der Waals surface area contributed by atoms with Gasteiger partial charge in [0.15, 0.2) is 0 Å². The van der Waals surface area contributed by atoms with E-state index in [0.717, 1.165) is 12.8 Å². The van der Waals surface area contributed by atoms with Crippen LogP contribution in [0.2, 0.25) is 5.02 Å². The smallest absolute Gasteiger partial charge is 0.272 e. The van der Waals surface area contributed by atoms with Crippen molar-refractivity contribution in [1.29, 1.82) is 0 Å². The highest BCUT2D eigenvalue weighted by molar-refractivity contribution is 7.89. The number of ether oxygens (including phenoxy) is 1. The third-order valence-corrected chi connectivity index (χ3v) is 7.08. The molecule has 0 atom stereocenters. The van der Waals surface area contributed by atoms with Gasteiger partial charge >= 0.3 is 0 Å². The van der Waals surface area contributed by atoms with Crippen LogP contribution in [0, 0.1) is 13.8 Å². The van der Waals surface area contributed by atoms with Crippen LogP contribution in [0.1, 0.15) is 34.6 Å². The summed E-state index contributed by atoms with van der Waals surface area (Å²) >= 11 is 6.00. The van der Waals surface area contributed by atoms with Crippen LogP contribution in [0.15, 0.2) is 23.1 Å². The summed E-state index contributed by atoms with van der Waals surface area (Å²) in [5.74, 6) is -0.00219. The average Bonchev–Trinajstić information content (AvgIpc) is 3.24. The van der Waals surface area contributed by atoms with Crippen molar-refractivity contribution in [2.75, 3.05) is 25.5 Å². The second kappa shape index (κ2) is 7.53. The number of aryl methyl sites for hydroxylation is 1. The fraction of sp³-hybridized carbons (Fsp3) is 0.389. The fourth-order valence-corrected chi connectivity index (χ4v) is 5.46. The Morgan fingerprint density at radius 1 is 1.26 bits per heavy atom. The molecular formula is C18H22ClN3O4S. The SMILES string of the molecule is COc1ccc(Cl)cc1NC(=O)c1[nH]c(C)c(S(=O)(=O)N2CCCC2)c1C. The maximum absolute atomic E-state index is 13.0. The summed E-state index contributed by atoms with van der Waals surface area (Å²) in [6.07, 6.45) is 1.70. The first-order valence-electron chi connectivity index (χ1n) is 8.60. The molecule has 27 heavy (non-hydrogen) atoms. The van der Waals surface area contributed by atoms with Gasteiger partial charge in [-0.1, -0.05) is 11.6 Å². The van der Waals surface area contributed by atoms with Gasteiger partial charge in [0.05, 0.1) is 12.8 Å². The minimum absolute atomic E-state index is 0.174. The molecule has 1 aromatic carbocycles. The second-order valence-corrected chi connectivity index (χ2v) is 8.80. The number of aromatic amines is 1. The molecule has 1 aromatic heterocycles. The van der Waals surface area contributed by atoms with Gasteiger partial charge in [-0.15, -0.1) is 0 Å². The standard InChI is InChI=1S/C18H22ClN3O4S/c1-11-16(18(23)21-14-10-13(19)6-7-15(14)26-3)20-12(2)17(11)27(24,25)22-8-4-5-9-22/h6-7,10,20H,4-5,8-9H2,1-3H3,(H,21,23). The Labute approximate surface area is 163 Å². The molecule has 1 aliphatic rings. The number of H-pyrrole nitrogens is 1. The predicted octanol–water partition coefficient (Wildman–Crippen LogP) is 3.33. The van der Waals surface area contributed by atoms with Gasteiger partial charge in [-0.25, -0.2) is 8.42 Å². The van der Waals surface area contributed by atoms with Crippen molar-refractivity contribution in [2.45, 2.75) is 31.6 Å². The van der Waals surface area contributed by atoms with Crippen LogP contribution in [0.25, 0.3) is 0 Å². The first-order chi connectivity index (χ1) is 12.8. The van der Waals surface area contributed by atoms with Gasteiger partial charge < -0.3 is 15.0 Å². The number of carbonyl (C=O) groups excluding carboxylic acids is 1. The molecule has 0 unspecified atom stereocenters. The first kappa shape index (κ1) is 19.7. The van der Waals surface area contributed by atoms with Crippen molar-refractivity contribution in [3.05, 3.63) is 40.2 Å². The Morgan fingerprint density at radius 3 is 2.56 bits per heavy atom. The molecule has 2 N–H and O–H groups in total. The lowest BCUT2D eigenvalue weighted by Gasteiger charge is -2.16. The van der Waals surface area contributed by atoms with Crippen LogP contribution in [-0.2, 0) is 10.0 Å². The average molecular weight is 412 g/mol. The van der Waals surface area contributed by atoms with Crippen molar-refractivity contribution >= 4 is 33.2 Å². The van der Waals surface area contributed by atoms with Crippen molar-refractivity contribution < 1.29 is 17.9 Å². The molecule has 0 aliphatic carbocycles. The molecule has 0 bridgehead atoms. The number of anilines is 1. The molecule has 1 saturated heterocycles. The molecule has 7 nitrogen and oxygen atoms in total. The van der Waals surface area contributed by atoms with Gasteiger partial charge in [0.1, 0.15) is 16.3 Å². The van der Waals surface area contributed by atoms with Crippen LogP contribution in [-0.4, -0.2) is 43.8 Å². The zero-order valence-corrected chi connectivity index (χ0v) is 17.0. The van der Waals surface area contributed by atoms with E-state index in [1.54, 1.807) is 32.0 Å². The number of hydrogen-bond donors (Lipinski definition) is 2. The van der Waals surface area contributed by atoms with Crippen LogP contribution >= 0.6 is 11.6 Å². The summed E-state index contributed by atoms with van der Waals surface area (Å²) in [4.78, 5) is 15.9. The van der Waals surface area contributed by atoms with Crippen LogP contribution in [0.3, 0.4) is 0 Å². The number of halogens is 1. The number of carbonyl (C=O) groups is 1. The number of benzene rings is 1. The zero-order valence-electron chi connectivity index (χ0n) is 15.4. The topological polar surface area (TPSA) is 91.5 Å². The van der Waals surface area contributed by atoms with Gasteiger partial charge in [0.25, 0.3) is 5.91 Å². The van der Waals surface area contributed by atoms with Crippen LogP contribution < -0.4 is 10.1 Å². The van der Waals surface area contributed by atoms with E-state index in [9.17, 15) is 13.2 Å². The second-order valence-electron chi connectivity index (χ2n) is 6.49. The zero-order chi connectivity index (χ0) is 19.8. The molecule has 3 rings (SSSR count). The van der Waals surface area contributed by atoms with Crippen molar-refractivity contribution in [2.24, 2.45) is 0 Å². The van der Waals surface area contributed by atoms with E-state index in [0.29, 0.717) is 40.8 Å². The summed E-state index contributed by atoms with van der Waals surface area (Å²) < 4.78 is 32.6. The van der Waals surface area contributed by atoms with Gasteiger partial charge in [0, 0.05) is 23.8 Å². The van der Waals surface area contributed by atoms with Crippen LogP contribution in [0.4, 0.5) is 5.69 Å². The Balaban J connectivity index is 1.95. The van der Waals surface area contributed by atoms with E-state index >= 15 is 0 Å². The summed E-state index contributed by atoms with van der Waals surface area (Å²) in [5, 5.41) is 3.18. The minimum Gasteiger partial charge on any atom is -0.495 e. The van der Waals surface area contributed by atoms with Crippen molar-refractivity contribution in [3.63, 3.8) is 0 Å². The van der Waals surface area contributed by atoms with E-state index in [2.05, 4.69) is 10.3 Å². The number of aromatic nitrogens is 1. The molecule has 0 radical (unpaired) electrons. The maximum Gasteiger partial charge on any atom is 0.272 e. The van der Waals surface area contributed by atoms with Gasteiger partial charge in [-0.05, 0) is 50.5 Å². The normalized spacial score (nSPS) is 15.1.